The normalized spacial score (nSPS) is 11.0. The number of aryl methyl sites for hydroxylation is 1. The quantitative estimate of drug-likeness (QED) is 0.801. The lowest BCUT2D eigenvalue weighted by molar-refractivity contribution is 0.199. The van der Waals surface area contributed by atoms with Crippen molar-refractivity contribution in [1.29, 1.82) is 0 Å². The molecule has 0 aliphatic heterocycles. The number of tetrazole rings is 1. The van der Waals surface area contributed by atoms with Crippen molar-refractivity contribution in [3.05, 3.63) is 35.2 Å². The average Bonchev–Trinajstić information content (AvgIpc) is 2.88. The largest absolute Gasteiger partial charge is 0.383 e. The van der Waals surface area contributed by atoms with Gasteiger partial charge in [0, 0.05) is 13.7 Å². The smallest absolute Gasteiger partial charge is 0.170 e. The van der Waals surface area contributed by atoms with Crippen LogP contribution in [-0.4, -0.2) is 40.5 Å². The van der Waals surface area contributed by atoms with Crippen LogP contribution in [0, 0.1) is 18.6 Å². The molecule has 20 heavy (non-hydrogen) atoms. The topological polar surface area (TPSA) is 64.9 Å². The molecule has 8 heteroatoms. The first-order chi connectivity index (χ1) is 9.65. The van der Waals surface area contributed by atoms with Crippen LogP contribution < -0.4 is 5.32 Å². The van der Waals surface area contributed by atoms with Gasteiger partial charge in [-0.2, -0.15) is 4.68 Å². The molecular formula is C12H15F2N5O. The summed E-state index contributed by atoms with van der Waals surface area (Å²) in [4.78, 5) is 0. The molecule has 0 radical (unpaired) electrons. The maximum absolute atomic E-state index is 14.1. The molecule has 0 saturated heterocycles. The van der Waals surface area contributed by atoms with Gasteiger partial charge in [-0.15, -0.1) is 5.10 Å². The lowest BCUT2D eigenvalue weighted by Crippen LogP contribution is -2.21. The third-order valence-electron chi connectivity index (χ3n) is 2.77. The highest BCUT2D eigenvalue weighted by Crippen LogP contribution is 2.20. The molecule has 0 amide bonds. The zero-order valence-electron chi connectivity index (χ0n) is 11.2. The fourth-order valence-electron chi connectivity index (χ4n) is 1.70. The van der Waals surface area contributed by atoms with Crippen molar-refractivity contribution in [3.63, 3.8) is 0 Å². The predicted molar refractivity (Wildman–Crippen MR) is 67.4 cm³/mol. The van der Waals surface area contributed by atoms with Gasteiger partial charge in [-0.1, -0.05) is 6.07 Å². The van der Waals surface area contributed by atoms with E-state index >= 15 is 0 Å². The first-order valence-corrected chi connectivity index (χ1v) is 6.07. The number of methoxy groups -OCH3 is 1. The summed E-state index contributed by atoms with van der Waals surface area (Å²) < 4.78 is 33.8. The molecule has 1 aromatic heterocycles. The second kappa shape index (κ2) is 6.49. The summed E-state index contributed by atoms with van der Waals surface area (Å²) in [6.45, 7) is 2.94. The molecule has 6 nitrogen and oxygen atoms in total. The van der Waals surface area contributed by atoms with Crippen LogP contribution in [0.3, 0.4) is 0 Å². The Bertz CT molecular complexity index is 587. The summed E-state index contributed by atoms with van der Waals surface area (Å²) in [5.74, 6) is -1.06. The van der Waals surface area contributed by atoms with Crippen molar-refractivity contribution in [2.45, 2.75) is 13.5 Å². The van der Waals surface area contributed by atoms with E-state index in [0.717, 1.165) is 4.68 Å². The average molecular weight is 283 g/mol. The van der Waals surface area contributed by atoms with Gasteiger partial charge < -0.3 is 10.1 Å². The number of hydrogen-bond acceptors (Lipinski definition) is 5. The Hall–Kier alpha value is -1.93. The van der Waals surface area contributed by atoms with E-state index in [2.05, 4.69) is 20.8 Å². The fourth-order valence-corrected chi connectivity index (χ4v) is 1.70. The van der Waals surface area contributed by atoms with Crippen molar-refractivity contribution in [3.8, 4) is 5.69 Å². The summed E-state index contributed by atoms with van der Waals surface area (Å²) in [5, 5.41) is 13.9. The van der Waals surface area contributed by atoms with Crippen LogP contribution in [0.4, 0.5) is 8.78 Å². The standard InChI is InChI=1S/C12H15F2N5O/c1-8-3-4-9(13)12(11(8)14)19-10(16-17-18-19)7-15-5-6-20-2/h3-4,15H,5-7H2,1-2H3. The van der Waals surface area contributed by atoms with Gasteiger partial charge in [0.15, 0.2) is 17.5 Å². The van der Waals surface area contributed by atoms with Gasteiger partial charge in [-0.3, -0.25) is 0 Å². The van der Waals surface area contributed by atoms with Crippen molar-refractivity contribution in [2.75, 3.05) is 20.3 Å². The number of nitrogens with one attached hydrogen (secondary N) is 1. The molecule has 1 aromatic carbocycles. The summed E-state index contributed by atoms with van der Waals surface area (Å²) in [7, 11) is 1.59. The van der Waals surface area contributed by atoms with E-state index in [1.165, 1.54) is 12.1 Å². The van der Waals surface area contributed by atoms with Crippen molar-refractivity contribution < 1.29 is 13.5 Å². The highest BCUT2D eigenvalue weighted by atomic mass is 19.1. The van der Waals surface area contributed by atoms with Crippen LogP contribution in [-0.2, 0) is 11.3 Å². The summed E-state index contributed by atoms with van der Waals surface area (Å²) in [6.07, 6.45) is 0. The Morgan fingerprint density at radius 3 is 2.90 bits per heavy atom. The minimum absolute atomic E-state index is 0.265. The van der Waals surface area contributed by atoms with Gasteiger partial charge in [-0.25, -0.2) is 8.78 Å². The Kier molecular flexibility index (Phi) is 4.70. The van der Waals surface area contributed by atoms with Crippen LogP contribution >= 0.6 is 0 Å². The molecule has 0 spiro atoms. The third-order valence-corrected chi connectivity index (χ3v) is 2.77. The Morgan fingerprint density at radius 1 is 1.35 bits per heavy atom. The minimum atomic E-state index is -0.710. The minimum Gasteiger partial charge on any atom is -0.383 e. The van der Waals surface area contributed by atoms with E-state index in [1.54, 1.807) is 14.0 Å². The van der Waals surface area contributed by atoms with Crippen molar-refractivity contribution in [1.82, 2.24) is 25.5 Å². The van der Waals surface area contributed by atoms with Gasteiger partial charge in [0.25, 0.3) is 0 Å². The van der Waals surface area contributed by atoms with Crippen LogP contribution in [0.25, 0.3) is 5.69 Å². The van der Waals surface area contributed by atoms with Gasteiger partial charge in [-0.05, 0) is 29.0 Å². The molecule has 108 valence electrons. The lowest BCUT2D eigenvalue weighted by atomic mass is 10.2. The van der Waals surface area contributed by atoms with Gasteiger partial charge >= 0.3 is 0 Å². The molecule has 0 atom stereocenters. The third kappa shape index (κ3) is 2.97. The second-order valence-electron chi connectivity index (χ2n) is 4.20. The zero-order chi connectivity index (χ0) is 14.5. The highest BCUT2D eigenvalue weighted by molar-refractivity contribution is 5.38. The number of hydrogen-bond donors (Lipinski definition) is 1. The molecular weight excluding hydrogens is 268 g/mol. The SMILES string of the molecule is COCCNCc1nnnn1-c1c(F)ccc(C)c1F. The number of rotatable bonds is 6. The molecule has 0 bridgehead atoms. The fraction of sp³-hybridized carbons (Fsp3) is 0.417. The first kappa shape index (κ1) is 14.5. The molecule has 0 aliphatic carbocycles. The Labute approximate surface area is 114 Å². The molecule has 1 N–H and O–H groups in total. The van der Waals surface area contributed by atoms with Crippen LogP contribution in [0.1, 0.15) is 11.4 Å². The van der Waals surface area contributed by atoms with E-state index in [1.807, 2.05) is 0 Å². The number of nitrogens with zero attached hydrogens (tertiary/aromatic N) is 4. The highest BCUT2D eigenvalue weighted by Gasteiger charge is 2.18. The maximum atomic E-state index is 14.1. The molecule has 0 fully saturated rings. The Morgan fingerprint density at radius 2 is 2.15 bits per heavy atom. The summed E-state index contributed by atoms with van der Waals surface area (Å²) >= 11 is 0. The molecule has 2 rings (SSSR count). The zero-order valence-corrected chi connectivity index (χ0v) is 11.2. The number of benzene rings is 1. The predicted octanol–water partition coefficient (Wildman–Crippen LogP) is 0.985. The first-order valence-electron chi connectivity index (χ1n) is 6.07. The van der Waals surface area contributed by atoms with Crippen molar-refractivity contribution >= 4 is 0 Å². The Balaban J connectivity index is 2.26. The molecule has 2 aromatic rings. The van der Waals surface area contributed by atoms with Gasteiger partial charge in [0.05, 0.1) is 13.2 Å². The maximum Gasteiger partial charge on any atom is 0.170 e. The number of ether oxygens (including phenoxy) is 1. The number of halogens is 2. The molecule has 0 aliphatic rings. The van der Waals surface area contributed by atoms with E-state index < -0.39 is 11.6 Å². The van der Waals surface area contributed by atoms with E-state index in [9.17, 15) is 8.78 Å². The van der Waals surface area contributed by atoms with Crippen LogP contribution in [0.5, 0.6) is 0 Å². The van der Waals surface area contributed by atoms with Crippen LogP contribution in [0.15, 0.2) is 12.1 Å². The van der Waals surface area contributed by atoms with Gasteiger partial charge in [0.2, 0.25) is 0 Å². The monoisotopic (exact) mass is 283 g/mol. The van der Waals surface area contributed by atoms with Crippen molar-refractivity contribution in [2.24, 2.45) is 0 Å². The van der Waals surface area contributed by atoms with Crippen LogP contribution in [0.2, 0.25) is 0 Å². The molecule has 0 unspecified atom stereocenters. The van der Waals surface area contributed by atoms with Gasteiger partial charge in [0.1, 0.15) is 5.69 Å². The number of aromatic nitrogens is 4. The van der Waals surface area contributed by atoms with E-state index in [-0.39, 0.29) is 12.2 Å². The molecule has 1 heterocycles. The van der Waals surface area contributed by atoms with E-state index in [0.29, 0.717) is 24.5 Å². The second-order valence-corrected chi connectivity index (χ2v) is 4.20. The lowest BCUT2D eigenvalue weighted by Gasteiger charge is -2.09. The summed E-state index contributed by atoms with van der Waals surface area (Å²) in [5.41, 5.74) is 0.0636. The summed E-state index contributed by atoms with van der Waals surface area (Å²) in [6, 6.07) is 2.56. The molecule has 0 saturated carbocycles. The van der Waals surface area contributed by atoms with E-state index in [4.69, 9.17) is 4.74 Å².